The van der Waals surface area contributed by atoms with Crippen LogP contribution in [-0.2, 0) is 4.79 Å². The van der Waals surface area contributed by atoms with Crippen LogP contribution in [-0.4, -0.2) is 39.9 Å². The van der Waals surface area contributed by atoms with Crippen molar-refractivity contribution in [1.82, 2.24) is 26.0 Å². The van der Waals surface area contributed by atoms with Gasteiger partial charge in [-0.3, -0.25) is 20.4 Å². The van der Waals surface area contributed by atoms with Crippen molar-refractivity contribution < 1.29 is 14.3 Å². The summed E-state index contributed by atoms with van der Waals surface area (Å²) < 4.78 is 5.07. The van der Waals surface area contributed by atoms with Gasteiger partial charge in [-0.25, -0.2) is 4.98 Å². The van der Waals surface area contributed by atoms with Gasteiger partial charge in [0.05, 0.1) is 12.9 Å². The van der Waals surface area contributed by atoms with E-state index in [2.05, 4.69) is 26.0 Å². The summed E-state index contributed by atoms with van der Waals surface area (Å²) in [5, 5.41) is 8.94. The third-order valence-electron chi connectivity index (χ3n) is 4.76. The summed E-state index contributed by atoms with van der Waals surface area (Å²) in [7, 11) is 1.55. The van der Waals surface area contributed by atoms with E-state index in [0.29, 0.717) is 27.9 Å². The van der Waals surface area contributed by atoms with Crippen LogP contribution in [0.2, 0.25) is 0 Å². The molecule has 1 aromatic heterocycles. The maximum absolute atomic E-state index is 12.3. The van der Waals surface area contributed by atoms with Crippen molar-refractivity contribution in [3.63, 3.8) is 0 Å². The predicted molar refractivity (Wildman–Crippen MR) is 130 cm³/mol. The number of methoxy groups -OCH3 is 1. The fourth-order valence-corrected chi connectivity index (χ4v) is 3.65. The van der Waals surface area contributed by atoms with Crippen molar-refractivity contribution in [1.29, 1.82) is 0 Å². The number of hydrogen-bond acceptors (Lipinski definition) is 7. The topological polar surface area (TPSA) is 106 Å². The highest BCUT2D eigenvalue weighted by molar-refractivity contribution is 7.99. The molecule has 170 valence electrons. The second-order valence-corrected chi connectivity index (χ2v) is 7.99. The van der Waals surface area contributed by atoms with Gasteiger partial charge in [-0.2, -0.15) is 0 Å². The van der Waals surface area contributed by atoms with Gasteiger partial charge in [0, 0.05) is 16.7 Å². The highest BCUT2D eigenvalue weighted by Crippen LogP contribution is 2.29. The minimum atomic E-state index is -0.433. The molecule has 34 heavy (non-hydrogen) atoms. The Morgan fingerprint density at radius 2 is 1.41 bits per heavy atom. The van der Waals surface area contributed by atoms with Crippen molar-refractivity contribution in [3.8, 4) is 28.3 Å². The number of rotatable bonds is 7. The number of benzene rings is 3. The van der Waals surface area contributed by atoms with Gasteiger partial charge >= 0.3 is 0 Å². The maximum atomic E-state index is 12.3. The summed E-state index contributed by atoms with van der Waals surface area (Å²) in [5.41, 5.74) is 8.32. The van der Waals surface area contributed by atoms with Crippen LogP contribution < -0.4 is 15.6 Å². The Labute approximate surface area is 200 Å². The quantitative estimate of drug-likeness (QED) is 0.312. The van der Waals surface area contributed by atoms with Crippen LogP contribution in [0.3, 0.4) is 0 Å². The van der Waals surface area contributed by atoms with Crippen molar-refractivity contribution >= 4 is 23.6 Å². The first-order valence-electron chi connectivity index (χ1n) is 10.4. The molecule has 0 aliphatic rings. The average Bonchev–Trinajstić information content (AvgIpc) is 2.91. The lowest BCUT2D eigenvalue weighted by Gasteiger charge is -2.10. The average molecular weight is 472 g/mol. The Balaban J connectivity index is 1.41. The number of carbonyl (C=O) groups excluding carboxylic acids is 2. The first kappa shape index (κ1) is 22.9. The minimum Gasteiger partial charge on any atom is -0.497 e. The number of carbonyl (C=O) groups is 2. The molecule has 9 heteroatoms. The second-order valence-electron chi connectivity index (χ2n) is 7.04. The molecule has 2 N–H and O–H groups in total. The van der Waals surface area contributed by atoms with Crippen molar-refractivity contribution in [2.75, 3.05) is 12.9 Å². The van der Waals surface area contributed by atoms with Crippen LogP contribution >= 0.6 is 11.8 Å². The fourth-order valence-electron chi connectivity index (χ4n) is 3.07. The Bertz CT molecular complexity index is 1270. The molecule has 8 nitrogen and oxygen atoms in total. The monoisotopic (exact) mass is 471 g/mol. The number of nitrogens with zero attached hydrogens (tertiary/aromatic N) is 3. The first-order chi connectivity index (χ1) is 16.6. The number of nitrogens with one attached hydrogen (secondary N) is 2. The highest BCUT2D eigenvalue weighted by Gasteiger charge is 2.15. The summed E-state index contributed by atoms with van der Waals surface area (Å²) in [5.74, 6) is -0.191. The molecule has 1 heterocycles. The molecule has 0 atom stereocenters. The number of aromatic nitrogens is 3. The zero-order valence-corrected chi connectivity index (χ0v) is 19.1. The van der Waals surface area contributed by atoms with Gasteiger partial charge in [0.2, 0.25) is 11.1 Å². The van der Waals surface area contributed by atoms with Gasteiger partial charge < -0.3 is 4.74 Å². The predicted octanol–water partition coefficient (Wildman–Crippen LogP) is 3.77. The number of ether oxygens (including phenoxy) is 1. The van der Waals surface area contributed by atoms with E-state index in [1.165, 1.54) is 0 Å². The van der Waals surface area contributed by atoms with E-state index in [-0.39, 0.29) is 5.75 Å². The Kier molecular flexibility index (Phi) is 7.46. The molecular formula is C25H21N5O3S. The summed E-state index contributed by atoms with van der Waals surface area (Å²) in [4.78, 5) is 29.1. The number of amides is 2. The standard InChI is InChI=1S/C25H21N5O3S/c1-33-20-14-12-19(13-15-20)24(32)29-27-21(31)16-34-25-26-22(17-8-4-2-5-9-17)23(28-30-25)18-10-6-3-7-11-18/h2-15H,16H2,1H3,(H,27,31)(H,29,32). The van der Waals surface area contributed by atoms with E-state index >= 15 is 0 Å². The van der Waals surface area contributed by atoms with Crippen LogP contribution in [0.1, 0.15) is 10.4 Å². The van der Waals surface area contributed by atoms with Gasteiger partial charge in [-0.15, -0.1) is 10.2 Å². The lowest BCUT2D eigenvalue weighted by molar-refractivity contribution is -0.119. The van der Waals surface area contributed by atoms with Crippen LogP contribution in [0.25, 0.3) is 22.5 Å². The van der Waals surface area contributed by atoms with E-state index in [1.807, 2.05) is 60.7 Å². The second kappa shape index (κ2) is 11.1. The van der Waals surface area contributed by atoms with Crippen LogP contribution in [0.5, 0.6) is 5.75 Å². The van der Waals surface area contributed by atoms with Crippen LogP contribution in [0.4, 0.5) is 0 Å². The summed E-state index contributed by atoms with van der Waals surface area (Å²) in [6, 6.07) is 25.9. The molecule has 0 aliphatic heterocycles. The van der Waals surface area contributed by atoms with Crippen LogP contribution in [0.15, 0.2) is 90.1 Å². The van der Waals surface area contributed by atoms with E-state index < -0.39 is 11.8 Å². The smallest absolute Gasteiger partial charge is 0.269 e. The molecular weight excluding hydrogens is 450 g/mol. The summed E-state index contributed by atoms with van der Waals surface area (Å²) in [6.45, 7) is 0. The van der Waals surface area contributed by atoms with Gasteiger partial charge in [-0.05, 0) is 24.3 Å². The first-order valence-corrected chi connectivity index (χ1v) is 11.3. The van der Waals surface area contributed by atoms with Crippen molar-refractivity contribution in [3.05, 3.63) is 90.5 Å². The van der Waals surface area contributed by atoms with Crippen molar-refractivity contribution in [2.24, 2.45) is 0 Å². The van der Waals surface area contributed by atoms with E-state index in [9.17, 15) is 9.59 Å². The van der Waals surface area contributed by atoms with Crippen molar-refractivity contribution in [2.45, 2.75) is 5.16 Å². The summed E-state index contributed by atoms with van der Waals surface area (Å²) in [6.07, 6.45) is 0. The largest absolute Gasteiger partial charge is 0.497 e. The zero-order chi connectivity index (χ0) is 23.8. The Morgan fingerprint density at radius 3 is 2.03 bits per heavy atom. The van der Waals surface area contributed by atoms with E-state index in [4.69, 9.17) is 4.74 Å². The molecule has 0 saturated heterocycles. The van der Waals surface area contributed by atoms with E-state index in [1.54, 1.807) is 31.4 Å². The molecule has 3 aromatic carbocycles. The maximum Gasteiger partial charge on any atom is 0.269 e. The SMILES string of the molecule is COc1ccc(C(=O)NNC(=O)CSc2nnc(-c3ccccc3)c(-c3ccccc3)n2)cc1. The third-order valence-corrected chi connectivity index (χ3v) is 5.60. The van der Waals surface area contributed by atoms with Gasteiger partial charge in [0.25, 0.3) is 5.91 Å². The Morgan fingerprint density at radius 1 is 0.794 bits per heavy atom. The molecule has 0 bridgehead atoms. The number of hydrogen-bond donors (Lipinski definition) is 2. The van der Waals surface area contributed by atoms with Gasteiger partial charge in [0.1, 0.15) is 17.1 Å². The molecule has 0 radical (unpaired) electrons. The Hall–Kier alpha value is -4.24. The van der Waals surface area contributed by atoms with Gasteiger partial charge in [0.15, 0.2) is 0 Å². The minimum absolute atomic E-state index is 0.00346. The molecule has 0 fully saturated rings. The van der Waals surface area contributed by atoms with E-state index in [0.717, 1.165) is 22.9 Å². The molecule has 0 aliphatic carbocycles. The van der Waals surface area contributed by atoms with Crippen LogP contribution in [0, 0.1) is 0 Å². The van der Waals surface area contributed by atoms with Gasteiger partial charge in [-0.1, -0.05) is 72.4 Å². The molecule has 0 saturated carbocycles. The number of thioether (sulfide) groups is 1. The third kappa shape index (κ3) is 5.76. The normalized spacial score (nSPS) is 10.4. The molecule has 4 rings (SSSR count). The zero-order valence-electron chi connectivity index (χ0n) is 18.3. The molecule has 2 amide bonds. The lowest BCUT2D eigenvalue weighted by Crippen LogP contribution is -2.42. The fraction of sp³-hybridized carbons (Fsp3) is 0.0800. The molecule has 0 spiro atoms. The lowest BCUT2D eigenvalue weighted by atomic mass is 10.0. The summed E-state index contributed by atoms with van der Waals surface area (Å²) >= 11 is 1.13. The number of hydrazine groups is 1. The molecule has 0 unspecified atom stereocenters. The highest BCUT2D eigenvalue weighted by atomic mass is 32.2. The molecule has 4 aromatic rings.